The summed E-state index contributed by atoms with van der Waals surface area (Å²) in [4.78, 5) is 22.5. The van der Waals surface area contributed by atoms with Crippen molar-refractivity contribution in [3.8, 4) is 0 Å². The average molecular weight is 376 g/mol. The summed E-state index contributed by atoms with van der Waals surface area (Å²) in [5.74, 6) is -1.22. The molecule has 1 aliphatic carbocycles. The van der Waals surface area contributed by atoms with E-state index in [0.717, 1.165) is 6.42 Å². The average Bonchev–Trinajstić information content (AvgIpc) is 2.88. The zero-order valence-electron chi connectivity index (χ0n) is 16.0. The van der Waals surface area contributed by atoms with E-state index in [1.807, 2.05) is 43.4 Å². The molecule has 1 rings (SSSR count). The predicted molar refractivity (Wildman–Crippen MR) is 106 cm³/mol. The smallest absolute Gasteiger partial charge is 0.303 e. The van der Waals surface area contributed by atoms with Gasteiger partial charge in [-0.25, -0.2) is 0 Å². The van der Waals surface area contributed by atoms with Crippen LogP contribution in [0.5, 0.6) is 0 Å². The fourth-order valence-corrected chi connectivity index (χ4v) is 3.10. The lowest BCUT2D eigenvalue weighted by molar-refractivity contribution is -0.136. The second-order valence-electron chi connectivity index (χ2n) is 6.84. The van der Waals surface area contributed by atoms with Crippen LogP contribution in [0.1, 0.15) is 51.9 Å². The Hall–Kier alpha value is -1.98. The number of aliphatic hydroxyl groups excluding tert-OH is 2. The molecule has 5 nitrogen and oxygen atoms in total. The topological polar surface area (TPSA) is 94.8 Å². The number of Topliss-reactive ketones (excluding diaryl/α,β-unsaturated/α-hetero) is 1. The Labute approximate surface area is 161 Å². The largest absolute Gasteiger partial charge is 0.481 e. The van der Waals surface area contributed by atoms with Gasteiger partial charge in [0.15, 0.2) is 0 Å². The van der Waals surface area contributed by atoms with Crippen LogP contribution < -0.4 is 0 Å². The fourth-order valence-electron chi connectivity index (χ4n) is 3.10. The van der Waals surface area contributed by atoms with Gasteiger partial charge >= 0.3 is 5.97 Å². The number of carbonyl (C=O) groups excluding carboxylic acids is 1. The fraction of sp³-hybridized carbons (Fsp3) is 0.545. The number of hydrogen-bond donors (Lipinski definition) is 3. The summed E-state index contributed by atoms with van der Waals surface area (Å²) in [6, 6.07) is 0. The number of hydrogen-bond acceptors (Lipinski definition) is 4. The minimum Gasteiger partial charge on any atom is -0.481 e. The highest BCUT2D eigenvalue weighted by molar-refractivity contribution is 5.86. The number of ketones is 1. The Bertz CT molecular complexity index is 573. The van der Waals surface area contributed by atoms with Gasteiger partial charge in [-0.2, -0.15) is 0 Å². The Morgan fingerprint density at radius 2 is 1.93 bits per heavy atom. The molecule has 0 aromatic rings. The third-order valence-electron chi connectivity index (χ3n) is 4.60. The van der Waals surface area contributed by atoms with Gasteiger partial charge in [0.1, 0.15) is 5.78 Å². The van der Waals surface area contributed by atoms with Crippen molar-refractivity contribution < 1.29 is 24.9 Å². The Morgan fingerprint density at radius 3 is 2.63 bits per heavy atom. The Kier molecular flexibility index (Phi) is 11.3. The number of carboxylic acid groups (broad SMARTS) is 1. The van der Waals surface area contributed by atoms with Gasteiger partial charge in [-0.05, 0) is 32.1 Å². The number of allylic oxidation sites excluding steroid dienone is 6. The van der Waals surface area contributed by atoms with Crippen LogP contribution in [0.3, 0.4) is 0 Å². The maximum atomic E-state index is 12.1. The molecular weight excluding hydrogens is 344 g/mol. The number of aliphatic carboxylic acids is 1. The van der Waals surface area contributed by atoms with E-state index in [1.54, 1.807) is 12.2 Å². The molecule has 0 radical (unpaired) electrons. The molecule has 150 valence electrons. The molecule has 0 saturated heterocycles. The van der Waals surface area contributed by atoms with Crippen LogP contribution in [0.25, 0.3) is 0 Å². The molecule has 1 aliphatic rings. The summed E-state index contributed by atoms with van der Waals surface area (Å²) >= 11 is 0. The van der Waals surface area contributed by atoms with Crippen LogP contribution >= 0.6 is 0 Å². The van der Waals surface area contributed by atoms with Crippen molar-refractivity contribution in [2.45, 2.75) is 64.1 Å². The quantitative estimate of drug-likeness (QED) is 0.453. The van der Waals surface area contributed by atoms with E-state index >= 15 is 0 Å². The summed E-state index contributed by atoms with van der Waals surface area (Å²) in [7, 11) is 0. The Balaban J connectivity index is 2.40. The summed E-state index contributed by atoms with van der Waals surface area (Å²) in [5, 5.41) is 28.7. The SMILES string of the molecule is CC/C=C\C[C@@H]1[C@H](/C=C/[C@@H](O)C/C=C\C/C=C\CCC(=O)O)C(=O)C[C@@H]1O. The van der Waals surface area contributed by atoms with Gasteiger partial charge in [0.05, 0.1) is 12.2 Å². The summed E-state index contributed by atoms with van der Waals surface area (Å²) in [5.41, 5.74) is 0. The van der Waals surface area contributed by atoms with Gasteiger partial charge in [-0.3, -0.25) is 9.59 Å². The van der Waals surface area contributed by atoms with E-state index in [9.17, 15) is 19.8 Å². The van der Waals surface area contributed by atoms with E-state index in [2.05, 4.69) is 0 Å². The predicted octanol–water partition coefficient (Wildman–Crippen LogP) is 3.58. The van der Waals surface area contributed by atoms with Crippen LogP contribution in [0.2, 0.25) is 0 Å². The second kappa shape index (κ2) is 13.2. The molecule has 0 aromatic heterocycles. The monoisotopic (exact) mass is 376 g/mol. The molecule has 0 heterocycles. The third kappa shape index (κ3) is 9.50. The zero-order chi connectivity index (χ0) is 20.1. The number of carbonyl (C=O) groups is 2. The van der Waals surface area contributed by atoms with Gasteiger partial charge in [0.25, 0.3) is 0 Å². The molecule has 0 unspecified atom stereocenters. The van der Waals surface area contributed by atoms with Crippen LogP contribution in [-0.4, -0.2) is 39.3 Å². The first-order valence-corrected chi connectivity index (χ1v) is 9.69. The normalized spacial score (nSPS) is 24.9. The van der Waals surface area contributed by atoms with Gasteiger partial charge in [0.2, 0.25) is 0 Å². The lowest BCUT2D eigenvalue weighted by Crippen LogP contribution is -2.19. The van der Waals surface area contributed by atoms with E-state index in [0.29, 0.717) is 25.7 Å². The van der Waals surface area contributed by atoms with E-state index < -0.39 is 18.2 Å². The number of carboxylic acids is 1. The van der Waals surface area contributed by atoms with Crippen molar-refractivity contribution in [3.05, 3.63) is 48.6 Å². The summed E-state index contributed by atoms with van der Waals surface area (Å²) in [6.07, 6.45) is 17.2. The van der Waals surface area contributed by atoms with Crippen LogP contribution in [0.15, 0.2) is 48.6 Å². The first kappa shape index (κ1) is 23.1. The van der Waals surface area contributed by atoms with E-state index in [-0.39, 0.29) is 30.5 Å². The van der Waals surface area contributed by atoms with Crippen LogP contribution in [0, 0.1) is 11.8 Å². The van der Waals surface area contributed by atoms with Gasteiger partial charge in [-0.15, -0.1) is 0 Å². The lowest BCUT2D eigenvalue weighted by atomic mass is 9.90. The maximum absolute atomic E-state index is 12.1. The highest BCUT2D eigenvalue weighted by Crippen LogP contribution is 2.33. The molecule has 1 fully saturated rings. The molecule has 4 atom stereocenters. The number of rotatable bonds is 12. The van der Waals surface area contributed by atoms with E-state index in [1.165, 1.54) is 0 Å². The van der Waals surface area contributed by atoms with E-state index in [4.69, 9.17) is 5.11 Å². The molecule has 3 N–H and O–H groups in total. The van der Waals surface area contributed by atoms with Crippen molar-refractivity contribution >= 4 is 11.8 Å². The molecule has 0 spiro atoms. The molecule has 1 saturated carbocycles. The van der Waals surface area contributed by atoms with Crippen LogP contribution in [-0.2, 0) is 9.59 Å². The summed E-state index contributed by atoms with van der Waals surface area (Å²) < 4.78 is 0. The molecular formula is C22H32O5. The standard InChI is InChI=1S/C22H32O5/c1-2-3-8-12-18-19(21(25)16-20(18)24)15-14-17(23)11-9-6-4-5-7-10-13-22(26)27/h3,5-9,14-15,17-20,23-24H,2,4,10-13,16H2,1H3,(H,26,27)/b7-5-,8-3-,9-6-,15-14+/t17-,18+,19-,20-/m0/s1. The van der Waals surface area contributed by atoms with Crippen molar-refractivity contribution in [2.75, 3.05) is 0 Å². The highest BCUT2D eigenvalue weighted by Gasteiger charge is 2.39. The van der Waals surface area contributed by atoms with Gasteiger partial charge in [0, 0.05) is 24.7 Å². The molecule has 0 amide bonds. The minimum atomic E-state index is -0.804. The van der Waals surface area contributed by atoms with Gasteiger partial charge < -0.3 is 15.3 Å². The van der Waals surface area contributed by atoms with Crippen molar-refractivity contribution in [1.82, 2.24) is 0 Å². The highest BCUT2D eigenvalue weighted by atomic mass is 16.4. The molecule has 0 aliphatic heterocycles. The first-order valence-electron chi connectivity index (χ1n) is 9.69. The first-order chi connectivity index (χ1) is 13.0. The zero-order valence-corrected chi connectivity index (χ0v) is 16.0. The van der Waals surface area contributed by atoms with Crippen molar-refractivity contribution in [1.29, 1.82) is 0 Å². The summed E-state index contributed by atoms with van der Waals surface area (Å²) in [6.45, 7) is 2.04. The lowest BCUT2D eigenvalue weighted by Gasteiger charge is -2.16. The number of aliphatic hydroxyl groups is 2. The van der Waals surface area contributed by atoms with Gasteiger partial charge in [-0.1, -0.05) is 55.5 Å². The molecule has 0 bridgehead atoms. The van der Waals surface area contributed by atoms with Crippen LogP contribution in [0.4, 0.5) is 0 Å². The van der Waals surface area contributed by atoms with Crippen molar-refractivity contribution in [2.24, 2.45) is 11.8 Å². The third-order valence-corrected chi connectivity index (χ3v) is 4.60. The minimum absolute atomic E-state index is 0.0305. The molecule has 27 heavy (non-hydrogen) atoms. The van der Waals surface area contributed by atoms with Crippen molar-refractivity contribution in [3.63, 3.8) is 0 Å². The molecule has 0 aromatic carbocycles. The molecule has 5 heteroatoms. The second-order valence-corrected chi connectivity index (χ2v) is 6.84. The maximum Gasteiger partial charge on any atom is 0.303 e. The Morgan fingerprint density at radius 1 is 1.19 bits per heavy atom.